The second kappa shape index (κ2) is 7.38. The fraction of sp³-hybridized carbons (Fsp3) is 0.312. The van der Waals surface area contributed by atoms with Crippen molar-refractivity contribution in [3.8, 4) is 5.75 Å². The third-order valence-corrected chi connectivity index (χ3v) is 3.02. The molecule has 21 heavy (non-hydrogen) atoms. The topological polar surface area (TPSA) is 61.3 Å². The van der Waals surface area contributed by atoms with Crippen LogP contribution in [0.4, 0.5) is 0 Å². The van der Waals surface area contributed by atoms with E-state index in [9.17, 15) is 4.79 Å². The van der Waals surface area contributed by atoms with Gasteiger partial charge in [0, 0.05) is 18.0 Å². The Morgan fingerprint density at radius 3 is 2.81 bits per heavy atom. The number of hydrogen-bond acceptors (Lipinski definition) is 5. The molecule has 0 fully saturated rings. The molecular weight excluding hydrogens is 268 g/mol. The highest BCUT2D eigenvalue weighted by atomic mass is 16.5. The fourth-order valence-corrected chi connectivity index (χ4v) is 1.92. The van der Waals surface area contributed by atoms with Crippen LogP contribution in [0.1, 0.15) is 31.0 Å². The predicted molar refractivity (Wildman–Crippen MR) is 77.9 cm³/mol. The van der Waals surface area contributed by atoms with Gasteiger partial charge in [0.1, 0.15) is 12.4 Å². The summed E-state index contributed by atoms with van der Waals surface area (Å²) in [5.74, 6) is 0.0276. The number of ether oxygens (including phenoxy) is 2. The third kappa shape index (κ3) is 4.02. The number of carbonyl (C=O) groups is 1. The van der Waals surface area contributed by atoms with Gasteiger partial charge in [0.15, 0.2) is 0 Å². The van der Waals surface area contributed by atoms with Gasteiger partial charge in [0.25, 0.3) is 0 Å². The SMILES string of the molecule is CCOC(=O)C(C)c1ccccc1OCc1cnccn1. The van der Waals surface area contributed by atoms with Crippen LogP contribution in [-0.4, -0.2) is 22.5 Å². The molecule has 5 heteroatoms. The van der Waals surface area contributed by atoms with Crippen molar-refractivity contribution in [2.75, 3.05) is 6.61 Å². The Bertz CT molecular complexity index is 587. The van der Waals surface area contributed by atoms with Gasteiger partial charge in [-0.15, -0.1) is 0 Å². The third-order valence-electron chi connectivity index (χ3n) is 3.02. The number of carbonyl (C=O) groups excluding carboxylic acids is 1. The van der Waals surface area contributed by atoms with Gasteiger partial charge in [-0.3, -0.25) is 14.8 Å². The minimum Gasteiger partial charge on any atom is -0.487 e. The van der Waals surface area contributed by atoms with Crippen LogP contribution >= 0.6 is 0 Å². The second-order valence-corrected chi connectivity index (χ2v) is 4.50. The molecule has 1 heterocycles. The van der Waals surface area contributed by atoms with Crippen LogP contribution in [0, 0.1) is 0 Å². The lowest BCUT2D eigenvalue weighted by Crippen LogP contribution is -2.14. The first-order valence-electron chi connectivity index (χ1n) is 6.85. The van der Waals surface area contributed by atoms with Gasteiger partial charge in [-0.1, -0.05) is 18.2 Å². The molecule has 2 aromatic rings. The van der Waals surface area contributed by atoms with Crippen LogP contribution in [0.15, 0.2) is 42.9 Å². The molecule has 0 saturated carbocycles. The Labute approximate surface area is 124 Å². The van der Waals surface area contributed by atoms with Gasteiger partial charge >= 0.3 is 5.97 Å². The standard InChI is InChI=1S/C16H18N2O3/c1-3-20-16(19)12(2)14-6-4-5-7-15(14)21-11-13-10-17-8-9-18-13/h4-10,12H,3,11H2,1-2H3. The normalized spacial score (nSPS) is 11.7. The van der Waals surface area contributed by atoms with E-state index in [1.165, 1.54) is 0 Å². The molecule has 0 N–H and O–H groups in total. The number of rotatable bonds is 6. The van der Waals surface area contributed by atoms with E-state index in [1.807, 2.05) is 31.2 Å². The minimum atomic E-state index is -0.372. The van der Waals surface area contributed by atoms with Gasteiger partial charge in [-0.25, -0.2) is 0 Å². The number of nitrogens with zero attached hydrogens (tertiary/aromatic N) is 2. The summed E-state index contributed by atoms with van der Waals surface area (Å²) < 4.78 is 10.8. The highest BCUT2D eigenvalue weighted by Gasteiger charge is 2.20. The number of para-hydroxylation sites is 1. The lowest BCUT2D eigenvalue weighted by atomic mass is 10.0. The Balaban J connectivity index is 2.11. The van der Waals surface area contributed by atoms with Gasteiger partial charge < -0.3 is 9.47 Å². The van der Waals surface area contributed by atoms with Gasteiger partial charge in [0.05, 0.1) is 24.4 Å². The van der Waals surface area contributed by atoms with E-state index in [0.29, 0.717) is 19.0 Å². The Morgan fingerprint density at radius 1 is 1.29 bits per heavy atom. The lowest BCUT2D eigenvalue weighted by Gasteiger charge is -2.15. The molecule has 0 aliphatic heterocycles. The number of esters is 1. The Morgan fingerprint density at radius 2 is 2.10 bits per heavy atom. The van der Waals surface area contributed by atoms with Crippen LogP contribution in [0.2, 0.25) is 0 Å². The van der Waals surface area contributed by atoms with Crippen molar-refractivity contribution in [1.82, 2.24) is 9.97 Å². The highest BCUT2D eigenvalue weighted by molar-refractivity contribution is 5.78. The molecule has 1 atom stereocenters. The van der Waals surface area contributed by atoms with E-state index in [1.54, 1.807) is 25.5 Å². The zero-order valence-electron chi connectivity index (χ0n) is 12.2. The van der Waals surface area contributed by atoms with Crippen molar-refractivity contribution < 1.29 is 14.3 Å². The van der Waals surface area contributed by atoms with E-state index in [2.05, 4.69) is 9.97 Å². The average Bonchev–Trinajstić information content (AvgIpc) is 2.54. The van der Waals surface area contributed by atoms with E-state index in [0.717, 1.165) is 11.3 Å². The van der Waals surface area contributed by atoms with Gasteiger partial charge in [-0.2, -0.15) is 0 Å². The maximum Gasteiger partial charge on any atom is 0.313 e. The summed E-state index contributed by atoms with van der Waals surface area (Å²) in [5.41, 5.74) is 1.54. The van der Waals surface area contributed by atoms with Crippen LogP contribution in [0.5, 0.6) is 5.75 Å². The second-order valence-electron chi connectivity index (χ2n) is 4.50. The maximum absolute atomic E-state index is 11.9. The largest absolute Gasteiger partial charge is 0.487 e. The van der Waals surface area contributed by atoms with Crippen molar-refractivity contribution in [3.05, 3.63) is 54.1 Å². The molecular formula is C16H18N2O3. The Kier molecular flexibility index (Phi) is 5.26. The maximum atomic E-state index is 11.9. The molecule has 0 aliphatic carbocycles. The molecule has 0 radical (unpaired) electrons. The molecule has 1 aromatic carbocycles. The molecule has 5 nitrogen and oxygen atoms in total. The van der Waals surface area contributed by atoms with Crippen LogP contribution in [0.3, 0.4) is 0 Å². The fourth-order valence-electron chi connectivity index (χ4n) is 1.92. The average molecular weight is 286 g/mol. The molecule has 1 aromatic heterocycles. The summed E-state index contributed by atoms with van der Waals surface area (Å²) in [7, 11) is 0. The molecule has 0 bridgehead atoms. The molecule has 0 spiro atoms. The quantitative estimate of drug-likeness (QED) is 0.764. The van der Waals surface area contributed by atoms with E-state index < -0.39 is 0 Å². The monoisotopic (exact) mass is 286 g/mol. The molecule has 0 amide bonds. The first kappa shape index (κ1) is 15.0. The Hall–Kier alpha value is -2.43. The van der Waals surface area contributed by atoms with Crippen LogP contribution in [0.25, 0.3) is 0 Å². The molecule has 2 rings (SSSR count). The summed E-state index contributed by atoms with van der Waals surface area (Å²) >= 11 is 0. The summed E-state index contributed by atoms with van der Waals surface area (Å²) in [5, 5.41) is 0. The lowest BCUT2D eigenvalue weighted by molar-refractivity contribution is -0.144. The van der Waals surface area contributed by atoms with Crippen molar-refractivity contribution in [1.29, 1.82) is 0 Å². The van der Waals surface area contributed by atoms with Crippen molar-refractivity contribution in [2.24, 2.45) is 0 Å². The van der Waals surface area contributed by atoms with Crippen LogP contribution < -0.4 is 4.74 Å². The summed E-state index contributed by atoms with van der Waals surface area (Å²) in [6.07, 6.45) is 4.88. The van der Waals surface area contributed by atoms with E-state index in [4.69, 9.17) is 9.47 Å². The number of benzene rings is 1. The number of hydrogen-bond donors (Lipinski definition) is 0. The van der Waals surface area contributed by atoms with E-state index in [-0.39, 0.29) is 11.9 Å². The summed E-state index contributed by atoms with van der Waals surface area (Å²) in [4.78, 5) is 20.0. The molecule has 110 valence electrons. The predicted octanol–water partition coefficient (Wildman–Crippen LogP) is 2.72. The van der Waals surface area contributed by atoms with E-state index >= 15 is 0 Å². The summed E-state index contributed by atoms with van der Waals surface area (Å²) in [6, 6.07) is 7.45. The molecule has 0 saturated heterocycles. The first-order chi connectivity index (χ1) is 10.2. The minimum absolute atomic E-state index is 0.256. The first-order valence-corrected chi connectivity index (χ1v) is 6.85. The van der Waals surface area contributed by atoms with Crippen LogP contribution in [-0.2, 0) is 16.1 Å². The van der Waals surface area contributed by atoms with Crippen molar-refractivity contribution in [3.63, 3.8) is 0 Å². The molecule has 1 unspecified atom stereocenters. The smallest absolute Gasteiger partial charge is 0.313 e. The number of aromatic nitrogens is 2. The van der Waals surface area contributed by atoms with Gasteiger partial charge in [0.2, 0.25) is 0 Å². The zero-order valence-corrected chi connectivity index (χ0v) is 12.2. The van der Waals surface area contributed by atoms with Crippen molar-refractivity contribution in [2.45, 2.75) is 26.4 Å². The van der Waals surface area contributed by atoms with Crippen molar-refractivity contribution >= 4 is 5.97 Å². The zero-order chi connectivity index (χ0) is 15.1. The highest BCUT2D eigenvalue weighted by Crippen LogP contribution is 2.27. The van der Waals surface area contributed by atoms with Gasteiger partial charge in [-0.05, 0) is 19.9 Å². The summed E-state index contributed by atoms with van der Waals surface area (Å²) in [6.45, 7) is 4.27. The molecule has 0 aliphatic rings.